The van der Waals surface area contributed by atoms with Crippen LogP contribution in [0, 0.1) is 5.92 Å². The van der Waals surface area contributed by atoms with Crippen LogP contribution >= 0.6 is 0 Å². The second-order valence-electron chi connectivity index (χ2n) is 7.68. The van der Waals surface area contributed by atoms with E-state index < -0.39 is 0 Å². The molecule has 0 saturated carbocycles. The van der Waals surface area contributed by atoms with Crippen LogP contribution in [0.15, 0.2) is 18.2 Å². The molecule has 2 atom stereocenters. The van der Waals surface area contributed by atoms with Crippen molar-refractivity contribution in [1.29, 1.82) is 0 Å². The molecule has 3 heteroatoms. The molecule has 4 rings (SSSR count). The van der Waals surface area contributed by atoms with Crippen LogP contribution in [-0.4, -0.2) is 39.3 Å². The van der Waals surface area contributed by atoms with E-state index in [0.717, 1.165) is 25.0 Å². The number of hydrogen-bond donors (Lipinski definition) is 1. The summed E-state index contributed by atoms with van der Waals surface area (Å²) in [4.78, 5) is 5.08. The summed E-state index contributed by atoms with van der Waals surface area (Å²) < 4.78 is 0. The molecule has 0 amide bonds. The predicted octanol–water partition coefficient (Wildman–Crippen LogP) is 4.87. The summed E-state index contributed by atoms with van der Waals surface area (Å²) in [5.74, 6) is 1.61. The van der Waals surface area contributed by atoms with Crippen LogP contribution < -0.4 is 15.1 Å². The van der Waals surface area contributed by atoms with Gasteiger partial charge in [0.15, 0.2) is 0 Å². The van der Waals surface area contributed by atoms with E-state index in [-0.39, 0.29) is 0 Å². The van der Waals surface area contributed by atoms with E-state index in [9.17, 15) is 0 Å². The van der Waals surface area contributed by atoms with Crippen molar-refractivity contribution in [3.63, 3.8) is 0 Å². The molecule has 0 bridgehead atoms. The van der Waals surface area contributed by atoms with E-state index in [1.807, 2.05) is 13.8 Å². The van der Waals surface area contributed by atoms with Gasteiger partial charge in [0.25, 0.3) is 0 Å². The lowest BCUT2D eigenvalue weighted by molar-refractivity contribution is 0.402. The Kier molecular flexibility index (Phi) is 7.61. The Bertz CT molecular complexity index is 526. The highest BCUT2D eigenvalue weighted by molar-refractivity contribution is 5.80. The lowest BCUT2D eigenvalue weighted by Crippen LogP contribution is -2.48. The Balaban J connectivity index is 0.000000243. The lowest BCUT2D eigenvalue weighted by Gasteiger charge is -2.39. The fourth-order valence-electron chi connectivity index (χ4n) is 4.40. The highest BCUT2D eigenvalue weighted by Gasteiger charge is 2.42. The molecule has 3 heterocycles. The summed E-state index contributed by atoms with van der Waals surface area (Å²) in [6.07, 6.45) is 4.00. The van der Waals surface area contributed by atoms with Crippen molar-refractivity contribution >= 4 is 11.4 Å². The molecule has 3 nitrogen and oxygen atoms in total. The van der Waals surface area contributed by atoms with Crippen LogP contribution in [0.2, 0.25) is 0 Å². The van der Waals surface area contributed by atoms with E-state index in [2.05, 4.69) is 61.1 Å². The average molecular weight is 346 g/mol. The van der Waals surface area contributed by atoms with Crippen molar-refractivity contribution in [3.05, 3.63) is 23.8 Å². The Morgan fingerprint density at radius 3 is 2.60 bits per heavy atom. The number of nitrogens with zero attached hydrogens (tertiary/aromatic N) is 2. The van der Waals surface area contributed by atoms with Gasteiger partial charge in [-0.3, -0.25) is 0 Å². The molecule has 2 unspecified atom stereocenters. The number of para-hydroxylation sites is 1. The number of likely N-dealkylation sites (N-methyl/N-ethyl adjacent to an activating group) is 1. The molecular weight excluding hydrogens is 306 g/mol. The van der Waals surface area contributed by atoms with Crippen molar-refractivity contribution in [2.24, 2.45) is 5.92 Å². The third-order valence-electron chi connectivity index (χ3n) is 5.53. The molecule has 1 aromatic carbocycles. The van der Waals surface area contributed by atoms with Crippen molar-refractivity contribution in [2.45, 2.75) is 65.8 Å². The zero-order chi connectivity index (χ0) is 18.4. The highest BCUT2D eigenvalue weighted by atomic mass is 15.3. The van der Waals surface area contributed by atoms with Crippen LogP contribution in [0.4, 0.5) is 11.4 Å². The van der Waals surface area contributed by atoms with E-state index in [1.165, 1.54) is 43.7 Å². The fourth-order valence-corrected chi connectivity index (χ4v) is 4.40. The maximum atomic E-state index is 3.55. The zero-order valence-electron chi connectivity index (χ0n) is 17.3. The molecule has 1 fully saturated rings. The summed E-state index contributed by atoms with van der Waals surface area (Å²) in [6, 6.07) is 7.59. The van der Waals surface area contributed by atoms with Gasteiger partial charge in [0.1, 0.15) is 0 Å². The lowest BCUT2D eigenvalue weighted by atomic mass is 9.90. The highest BCUT2D eigenvalue weighted by Crippen LogP contribution is 2.49. The molecule has 0 aromatic heterocycles. The van der Waals surface area contributed by atoms with Crippen molar-refractivity contribution < 1.29 is 0 Å². The second-order valence-corrected chi connectivity index (χ2v) is 7.68. The number of anilines is 2. The molecule has 3 aliphatic heterocycles. The Labute approximate surface area is 155 Å². The van der Waals surface area contributed by atoms with E-state index in [0.29, 0.717) is 5.92 Å². The first-order chi connectivity index (χ1) is 12.1. The monoisotopic (exact) mass is 345 g/mol. The second kappa shape index (κ2) is 9.47. The van der Waals surface area contributed by atoms with Gasteiger partial charge in [0, 0.05) is 38.6 Å². The first kappa shape index (κ1) is 20.1. The minimum Gasteiger partial charge on any atom is -0.371 e. The van der Waals surface area contributed by atoms with E-state index in [1.54, 1.807) is 5.56 Å². The zero-order valence-corrected chi connectivity index (χ0v) is 17.3. The van der Waals surface area contributed by atoms with Gasteiger partial charge < -0.3 is 15.1 Å². The summed E-state index contributed by atoms with van der Waals surface area (Å²) in [6.45, 7) is 15.4. The topological polar surface area (TPSA) is 18.5 Å². The average Bonchev–Trinajstić information content (AvgIpc) is 2.96. The van der Waals surface area contributed by atoms with Gasteiger partial charge in [-0.1, -0.05) is 59.6 Å². The predicted molar refractivity (Wildman–Crippen MR) is 112 cm³/mol. The van der Waals surface area contributed by atoms with Gasteiger partial charge in [-0.25, -0.2) is 0 Å². The number of piperidine rings is 1. The molecule has 0 aliphatic carbocycles. The largest absolute Gasteiger partial charge is 0.371 e. The van der Waals surface area contributed by atoms with Gasteiger partial charge >= 0.3 is 0 Å². The standard InChI is InChI=1S/C14H19N3.C6H14.C2H6/c1-16-7-8-17-12-5-6-15-9-11(12)10-3-2-4-13(16)14(10)17;1-4-5-6(2)3;1-2/h2-4,11-12,15H,5-9H2,1H3;6H,4-5H2,1-3H3;1-2H3. The van der Waals surface area contributed by atoms with Gasteiger partial charge in [-0.05, 0) is 30.5 Å². The molecule has 1 aromatic rings. The summed E-state index contributed by atoms with van der Waals surface area (Å²) in [5.41, 5.74) is 4.54. The fraction of sp³-hybridized carbons (Fsp3) is 0.727. The number of fused-ring (bicyclic) bond motifs is 3. The number of rotatable bonds is 2. The van der Waals surface area contributed by atoms with Gasteiger partial charge in [0.2, 0.25) is 0 Å². The van der Waals surface area contributed by atoms with Crippen molar-refractivity contribution in [3.8, 4) is 0 Å². The third kappa shape index (κ3) is 4.31. The molecular formula is C22H39N3. The van der Waals surface area contributed by atoms with Crippen LogP contribution in [0.5, 0.6) is 0 Å². The smallest absolute Gasteiger partial charge is 0.0644 e. The number of hydrogen-bond acceptors (Lipinski definition) is 3. The van der Waals surface area contributed by atoms with Gasteiger partial charge in [0.05, 0.1) is 11.4 Å². The maximum Gasteiger partial charge on any atom is 0.0644 e. The minimum atomic E-state index is 0.713. The molecule has 0 spiro atoms. The van der Waals surface area contributed by atoms with Crippen LogP contribution in [-0.2, 0) is 0 Å². The van der Waals surface area contributed by atoms with Crippen molar-refractivity contribution in [2.75, 3.05) is 43.0 Å². The molecule has 3 aliphatic rings. The Hall–Kier alpha value is -1.22. The third-order valence-corrected chi connectivity index (χ3v) is 5.53. The summed E-state index contributed by atoms with van der Waals surface area (Å²) >= 11 is 0. The number of nitrogens with one attached hydrogen (secondary N) is 1. The number of benzene rings is 1. The van der Waals surface area contributed by atoms with E-state index in [4.69, 9.17) is 0 Å². The molecule has 25 heavy (non-hydrogen) atoms. The Morgan fingerprint density at radius 2 is 1.96 bits per heavy atom. The maximum absolute atomic E-state index is 3.55. The normalized spacial score (nSPS) is 23.2. The minimum absolute atomic E-state index is 0.713. The molecule has 1 N–H and O–H groups in total. The quantitative estimate of drug-likeness (QED) is 0.825. The molecule has 0 radical (unpaired) electrons. The first-order valence-electron chi connectivity index (χ1n) is 10.4. The SMILES string of the molecule is CC.CCCC(C)C.CN1CCN2c3c(cccc31)C1CNCCC12. The molecule has 142 valence electrons. The molecule has 1 saturated heterocycles. The summed E-state index contributed by atoms with van der Waals surface area (Å²) in [5, 5.41) is 3.55. The van der Waals surface area contributed by atoms with Gasteiger partial charge in [-0.15, -0.1) is 0 Å². The summed E-state index contributed by atoms with van der Waals surface area (Å²) in [7, 11) is 2.22. The van der Waals surface area contributed by atoms with Crippen LogP contribution in [0.25, 0.3) is 0 Å². The van der Waals surface area contributed by atoms with Crippen LogP contribution in [0.1, 0.15) is 65.4 Å². The van der Waals surface area contributed by atoms with Crippen molar-refractivity contribution in [1.82, 2.24) is 5.32 Å². The Morgan fingerprint density at radius 1 is 1.20 bits per heavy atom. The van der Waals surface area contributed by atoms with Crippen LogP contribution in [0.3, 0.4) is 0 Å². The van der Waals surface area contributed by atoms with Gasteiger partial charge in [-0.2, -0.15) is 0 Å². The van der Waals surface area contributed by atoms with E-state index >= 15 is 0 Å². The first-order valence-corrected chi connectivity index (χ1v) is 10.4.